The van der Waals surface area contributed by atoms with Crippen molar-refractivity contribution in [3.63, 3.8) is 0 Å². The average Bonchev–Trinajstić information content (AvgIpc) is 2.83. The highest BCUT2D eigenvalue weighted by molar-refractivity contribution is 7.09. The lowest BCUT2D eigenvalue weighted by Crippen LogP contribution is -2.14. The van der Waals surface area contributed by atoms with Crippen LogP contribution in [0.25, 0.3) is 0 Å². The highest BCUT2D eigenvalue weighted by Gasteiger charge is 2.11. The molecule has 4 nitrogen and oxygen atoms in total. The predicted molar refractivity (Wildman–Crippen MR) is 79.8 cm³/mol. The van der Waals surface area contributed by atoms with Crippen LogP contribution in [0.2, 0.25) is 0 Å². The Morgan fingerprint density at radius 3 is 2.55 bits per heavy atom. The number of thiazole rings is 1. The number of rotatable bonds is 6. The van der Waals surface area contributed by atoms with E-state index in [1.54, 1.807) is 25.6 Å². The van der Waals surface area contributed by atoms with Gasteiger partial charge in [-0.05, 0) is 31.0 Å². The van der Waals surface area contributed by atoms with Crippen molar-refractivity contribution in [3.8, 4) is 11.5 Å². The molecule has 1 N–H and O–H groups in total. The molecule has 0 radical (unpaired) electrons. The number of hydrogen-bond acceptors (Lipinski definition) is 5. The van der Waals surface area contributed by atoms with E-state index in [9.17, 15) is 5.11 Å². The van der Waals surface area contributed by atoms with Crippen molar-refractivity contribution in [2.45, 2.75) is 25.9 Å². The molecule has 0 aliphatic carbocycles. The molecule has 5 heteroatoms. The quantitative estimate of drug-likeness (QED) is 0.889. The number of aryl methyl sites for hydroxylation is 1. The SMILES string of the molecule is COc1ccc(CC(O)Cc2csc(C)n2)cc1OC. The van der Waals surface area contributed by atoms with Crippen LogP contribution in [0.3, 0.4) is 0 Å². The van der Waals surface area contributed by atoms with Crippen LogP contribution in [0.15, 0.2) is 23.6 Å². The van der Waals surface area contributed by atoms with Gasteiger partial charge in [-0.1, -0.05) is 6.07 Å². The Morgan fingerprint density at radius 2 is 1.95 bits per heavy atom. The lowest BCUT2D eigenvalue weighted by Gasteiger charge is -2.12. The molecule has 108 valence electrons. The second-order valence-corrected chi connectivity index (χ2v) is 5.67. The summed E-state index contributed by atoms with van der Waals surface area (Å²) in [6.45, 7) is 1.97. The minimum atomic E-state index is -0.449. The molecule has 2 rings (SSSR count). The van der Waals surface area contributed by atoms with Crippen molar-refractivity contribution in [1.82, 2.24) is 4.98 Å². The molecule has 0 amide bonds. The monoisotopic (exact) mass is 293 g/mol. The van der Waals surface area contributed by atoms with Gasteiger partial charge >= 0.3 is 0 Å². The maximum Gasteiger partial charge on any atom is 0.160 e. The van der Waals surface area contributed by atoms with Crippen LogP contribution in [0, 0.1) is 6.92 Å². The fourth-order valence-corrected chi connectivity index (χ4v) is 2.72. The fraction of sp³-hybridized carbons (Fsp3) is 0.400. The van der Waals surface area contributed by atoms with Gasteiger partial charge in [0.25, 0.3) is 0 Å². The summed E-state index contributed by atoms with van der Waals surface area (Å²) in [4.78, 5) is 4.37. The summed E-state index contributed by atoms with van der Waals surface area (Å²) in [6, 6.07) is 5.69. The summed E-state index contributed by atoms with van der Waals surface area (Å²) in [5, 5.41) is 13.2. The molecule has 0 aliphatic rings. The van der Waals surface area contributed by atoms with Crippen molar-refractivity contribution in [3.05, 3.63) is 39.8 Å². The molecule has 1 aromatic carbocycles. The van der Waals surface area contributed by atoms with E-state index in [2.05, 4.69) is 4.98 Å². The number of ether oxygens (including phenoxy) is 2. The van der Waals surface area contributed by atoms with E-state index >= 15 is 0 Å². The highest BCUT2D eigenvalue weighted by atomic mass is 32.1. The van der Waals surface area contributed by atoms with Gasteiger partial charge in [0.15, 0.2) is 11.5 Å². The van der Waals surface area contributed by atoms with Gasteiger partial charge in [-0.2, -0.15) is 0 Å². The molecule has 20 heavy (non-hydrogen) atoms. The van der Waals surface area contributed by atoms with Gasteiger partial charge in [0.1, 0.15) is 0 Å². The van der Waals surface area contributed by atoms with Crippen LogP contribution < -0.4 is 9.47 Å². The van der Waals surface area contributed by atoms with Crippen LogP contribution in [0.4, 0.5) is 0 Å². The Hall–Kier alpha value is -1.59. The summed E-state index contributed by atoms with van der Waals surface area (Å²) in [5.41, 5.74) is 1.96. The van der Waals surface area contributed by atoms with Crippen molar-refractivity contribution in [2.75, 3.05) is 14.2 Å². The molecule has 1 heterocycles. The normalized spacial score (nSPS) is 12.2. The zero-order valence-electron chi connectivity index (χ0n) is 11.9. The van der Waals surface area contributed by atoms with Crippen molar-refractivity contribution in [1.29, 1.82) is 0 Å². The summed E-state index contributed by atoms with van der Waals surface area (Å²) < 4.78 is 10.5. The van der Waals surface area contributed by atoms with Gasteiger partial charge in [-0.3, -0.25) is 0 Å². The van der Waals surface area contributed by atoms with Crippen LogP contribution >= 0.6 is 11.3 Å². The molecule has 0 aliphatic heterocycles. The fourth-order valence-electron chi connectivity index (χ4n) is 2.10. The number of aliphatic hydroxyl groups excluding tert-OH is 1. The van der Waals surface area contributed by atoms with E-state index in [1.165, 1.54) is 0 Å². The molecular weight excluding hydrogens is 274 g/mol. The third kappa shape index (κ3) is 3.71. The minimum Gasteiger partial charge on any atom is -0.493 e. The number of hydrogen-bond donors (Lipinski definition) is 1. The smallest absolute Gasteiger partial charge is 0.160 e. The first kappa shape index (κ1) is 14.8. The van der Waals surface area contributed by atoms with E-state index < -0.39 is 6.10 Å². The first-order chi connectivity index (χ1) is 9.62. The predicted octanol–water partition coefficient (Wildman–Crippen LogP) is 2.61. The first-order valence-corrected chi connectivity index (χ1v) is 7.30. The first-order valence-electron chi connectivity index (χ1n) is 6.42. The molecule has 0 saturated carbocycles. The van der Waals surface area contributed by atoms with Gasteiger partial charge in [-0.15, -0.1) is 11.3 Å². The van der Waals surface area contributed by atoms with Crippen LogP contribution in [-0.4, -0.2) is 30.4 Å². The minimum absolute atomic E-state index is 0.449. The van der Waals surface area contributed by atoms with Crippen molar-refractivity contribution < 1.29 is 14.6 Å². The second-order valence-electron chi connectivity index (χ2n) is 4.61. The van der Waals surface area contributed by atoms with Crippen LogP contribution in [0.1, 0.15) is 16.3 Å². The van der Waals surface area contributed by atoms with E-state index in [1.807, 2.05) is 30.5 Å². The van der Waals surface area contributed by atoms with Gasteiger partial charge in [0, 0.05) is 11.8 Å². The third-order valence-electron chi connectivity index (χ3n) is 3.03. The molecule has 1 aromatic heterocycles. The Balaban J connectivity index is 2.02. The van der Waals surface area contributed by atoms with Gasteiger partial charge in [0.2, 0.25) is 0 Å². The lowest BCUT2D eigenvalue weighted by atomic mass is 10.0. The molecule has 0 bridgehead atoms. The highest BCUT2D eigenvalue weighted by Crippen LogP contribution is 2.28. The zero-order valence-corrected chi connectivity index (χ0v) is 12.7. The molecule has 0 saturated heterocycles. The number of aromatic nitrogens is 1. The van der Waals surface area contributed by atoms with E-state index in [4.69, 9.17) is 9.47 Å². The second kappa shape index (κ2) is 6.72. The summed E-state index contributed by atoms with van der Waals surface area (Å²) in [6.07, 6.45) is 0.685. The molecule has 0 fully saturated rings. The standard InChI is InChI=1S/C15H19NO3S/c1-10-16-12(9-20-10)8-13(17)6-11-4-5-14(18-2)15(7-11)19-3/h4-5,7,9,13,17H,6,8H2,1-3H3. The van der Waals surface area contributed by atoms with E-state index in [0.717, 1.165) is 16.3 Å². The molecular formula is C15H19NO3S. The number of benzene rings is 1. The Kier molecular flexibility index (Phi) is 4.98. The maximum atomic E-state index is 10.1. The number of methoxy groups -OCH3 is 2. The molecule has 0 spiro atoms. The zero-order chi connectivity index (χ0) is 14.5. The Morgan fingerprint density at radius 1 is 1.20 bits per heavy atom. The summed E-state index contributed by atoms with van der Waals surface area (Å²) in [5.74, 6) is 1.38. The molecule has 1 unspecified atom stereocenters. The molecule has 2 aromatic rings. The van der Waals surface area contributed by atoms with Crippen LogP contribution in [0.5, 0.6) is 11.5 Å². The van der Waals surface area contributed by atoms with E-state index in [-0.39, 0.29) is 0 Å². The summed E-state index contributed by atoms with van der Waals surface area (Å²) in [7, 11) is 3.22. The number of aliphatic hydroxyl groups is 1. The number of nitrogens with zero attached hydrogens (tertiary/aromatic N) is 1. The lowest BCUT2D eigenvalue weighted by molar-refractivity contribution is 0.174. The Labute approximate surface area is 123 Å². The van der Waals surface area contributed by atoms with Crippen molar-refractivity contribution >= 4 is 11.3 Å². The van der Waals surface area contributed by atoms with Gasteiger partial charge in [-0.25, -0.2) is 4.98 Å². The summed E-state index contributed by atoms with van der Waals surface area (Å²) >= 11 is 1.60. The van der Waals surface area contributed by atoms with Crippen molar-refractivity contribution in [2.24, 2.45) is 0 Å². The van der Waals surface area contributed by atoms with E-state index in [0.29, 0.717) is 24.3 Å². The maximum absolute atomic E-state index is 10.1. The largest absolute Gasteiger partial charge is 0.493 e. The topological polar surface area (TPSA) is 51.6 Å². The average molecular weight is 293 g/mol. The van der Waals surface area contributed by atoms with Gasteiger partial charge < -0.3 is 14.6 Å². The molecule has 1 atom stereocenters. The van der Waals surface area contributed by atoms with Gasteiger partial charge in [0.05, 0.1) is 31.0 Å². The Bertz CT molecular complexity index is 568. The third-order valence-corrected chi connectivity index (χ3v) is 3.85. The van der Waals surface area contributed by atoms with Crippen LogP contribution in [-0.2, 0) is 12.8 Å².